The summed E-state index contributed by atoms with van der Waals surface area (Å²) in [5, 5.41) is 1.55. The van der Waals surface area contributed by atoms with E-state index in [1.807, 2.05) is 37.5 Å². The van der Waals surface area contributed by atoms with Gasteiger partial charge in [-0.3, -0.25) is 4.55 Å². The summed E-state index contributed by atoms with van der Waals surface area (Å²) in [6.45, 7) is 6.31. The molecular weight excluding hydrogens is 470 g/mol. The standard InChI is InChI=1S/C18H21NO6S2.O3S/c1-12-18(2,3)17-15-11-14(27(23,24)25)7-5-13(15)6-8-16(17)19(12)9-4-10-26(20,21)22;1-4(2)3/h5-8,11H,4,9-10H2,1-3H3,(H-,20,21,22,23,24,25);. The van der Waals surface area contributed by atoms with Crippen molar-refractivity contribution < 1.29 is 43.1 Å². The van der Waals surface area contributed by atoms with Gasteiger partial charge >= 0.3 is 10.6 Å². The summed E-state index contributed by atoms with van der Waals surface area (Å²) in [6.07, 6.45) is 0.196. The molecule has 1 aliphatic rings. The molecule has 0 aliphatic carbocycles. The van der Waals surface area contributed by atoms with Gasteiger partial charge in [-0.25, -0.2) is 8.42 Å². The molecule has 0 radical (unpaired) electrons. The molecule has 2 aromatic carbocycles. The van der Waals surface area contributed by atoms with Crippen LogP contribution in [0.25, 0.3) is 10.8 Å². The van der Waals surface area contributed by atoms with E-state index in [4.69, 9.17) is 12.6 Å². The van der Waals surface area contributed by atoms with Gasteiger partial charge in [0.15, 0.2) is 5.71 Å². The normalized spacial score (nSPS) is 15.4. The molecule has 0 unspecified atom stereocenters. The number of benzene rings is 2. The molecule has 3 rings (SSSR count). The molecule has 0 bridgehead atoms. The van der Waals surface area contributed by atoms with Crippen LogP contribution in [0.3, 0.4) is 0 Å². The van der Waals surface area contributed by atoms with E-state index in [1.165, 1.54) is 12.1 Å². The zero-order valence-electron chi connectivity index (χ0n) is 16.9. The Morgan fingerprint density at radius 2 is 1.61 bits per heavy atom. The molecule has 0 amide bonds. The second kappa shape index (κ2) is 8.74. The van der Waals surface area contributed by atoms with Crippen LogP contribution in [0, 0.1) is 0 Å². The van der Waals surface area contributed by atoms with Crippen molar-refractivity contribution in [2.24, 2.45) is 0 Å². The van der Waals surface area contributed by atoms with E-state index in [0.717, 1.165) is 22.3 Å². The maximum absolute atomic E-state index is 11.6. The fourth-order valence-corrected chi connectivity index (χ4v) is 4.71. The highest BCUT2D eigenvalue weighted by molar-refractivity contribution is 7.86. The molecule has 0 atom stereocenters. The van der Waals surface area contributed by atoms with Crippen LogP contribution in [0.5, 0.6) is 0 Å². The van der Waals surface area contributed by atoms with Crippen molar-refractivity contribution in [3.63, 3.8) is 0 Å². The molecule has 170 valence electrons. The zero-order chi connectivity index (χ0) is 23.8. The highest BCUT2D eigenvalue weighted by Gasteiger charge is 2.44. The van der Waals surface area contributed by atoms with Gasteiger partial charge < -0.3 is 4.55 Å². The van der Waals surface area contributed by atoms with E-state index in [-0.39, 0.29) is 11.3 Å². The Morgan fingerprint density at radius 3 is 2.13 bits per heavy atom. The summed E-state index contributed by atoms with van der Waals surface area (Å²) in [4.78, 5) is -0.173. The lowest BCUT2D eigenvalue weighted by molar-refractivity contribution is -0.438. The van der Waals surface area contributed by atoms with Gasteiger partial charge in [-0.1, -0.05) is 6.07 Å². The van der Waals surface area contributed by atoms with Crippen LogP contribution < -0.4 is 0 Å². The fraction of sp³-hybridized carbons (Fsp3) is 0.389. The third-order valence-electron chi connectivity index (χ3n) is 5.27. The largest absolute Gasteiger partial charge is 0.748 e. The Kier molecular flexibility index (Phi) is 7.07. The lowest BCUT2D eigenvalue weighted by Crippen LogP contribution is -2.27. The van der Waals surface area contributed by atoms with Crippen molar-refractivity contribution in [2.45, 2.75) is 37.5 Å². The topological polar surface area (TPSA) is 166 Å². The van der Waals surface area contributed by atoms with Gasteiger partial charge in [0.25, 0.3) is 10.1 Å². The minimum atomic E-state index is -4.33. The van der Waals surface area contributed by atoms with Crippen molar-refractivity contribution in [3.05, 3.63) is 35.9 Å². The van der Waals surface area contributed by atoms with Crippen LogP contribution in [0.4, 0.5) is 5.69 Å². The first-order valence-electron chi connectivity index (χ1n) is 8.92. The van der Waals surface area contributed by atoms with Gasteiger partial charge in [0, 0.05) is 30.7 Å². The van der Waals surface area contributed by atoms with Crippen molar-refractivity contribution in [1.82, 2.24) is 0 Å². The van der Waals surface area contributed by atoms with Crippen LogP contribution >= 0.6 is 0 Å². The summed E-state index contributed by atoms with van der Waals surface area (Å²) < 4.78 is 92.5. The fourth-order valence-electron chi connectivity index (χ4n) is 3.72. The second-order valence-corrected chi connectivity index (χ2v) is 10.9. The smallest absolute Gasteiger partial charge is 0.425 e. The van der Waals surface area contributed by atoms with Crippen molar-refractivity contribution >= 4 is 53.0 Å². The van der Waals surface area contributed by atoms with Crippen LogP contribution in [-0.4, -0.2) is 61.2 Å². The quantitative estimate of drug-likeness (QED) is 0.480. The van der Waals surface area contributed by atoms with Gasteiger partial charge in [-0.2, -0.15) is 13.0 Å². The summed E-state index contributed by atoms with van der Waals surface area (Å²) in [5.74, 6) is -0.437. The van der Waals surface area contributed by atoms with Crippen LogP contribution in [0.2, 0.25) is 0 Å². The molecule has 0 fully saturated rings. The maximum atomic E-state index is 11.6. The number of nitrogens with zero attached hydrogens (tertiary/aromatic N) is 1. The molecule has 10 nitrogen and oxygen atoms in total. The highest BCUT2D eigenvalue weighted by atomic mass is 32.2. The van der Waals surface area contributed by atoms with E-state index in [9.17, 15) is 25.9 Å². The Bertz CT molecular complexity index is 1380. The van der Waals surface area contributed by atoms with Crippen LogP contribution in [0.15, 0.2) is 35.2 Å². The van der Waals surface area contributed by atoms with Crippen molar-refractivity contribution in [3.8, 4) is 0 Å². The Hall–Kier alpha value is -2.19. The Labute approximate surface area is 181 Å². The monoisotopic (exact) mass is 491 g/mol. The van der Waals surface area contributed by atoms with E-state index in [1.54, 1.807) is 6.07 Å². The number of fused-ring (bicyclic) bond motifs is 3. The number of hydrogen-bond donors (Lipinski definition) is 1. The summed E-state index contributed by atoms with van der Waals surface area (Å²) in [5.41, 5.74) is 2.31. The molecule has 1 aliphatic heterocycles. The lowest BCUT2D eigenvalue weighted by atomic mass is 9.80. The minimum absolute atomic E-state index is 0.173. The van der Waals surface area contributed by atoms with Gasteiger partial charge in [0.05, 0.1) is 20.4 Å². The van der Waals surface area contributed by atoms with Gasteiger partial charge in [-0.05, 0) is 42.8 Å². The Balaban J connectivity index is 0.000000785. The lowest BCUT2D eigenvalue weighted by Gasteiger charge is -2.17. The van der Waals surface area contributed by atoms with Crippen molar-refractivity contribution in [1.29, 1.82) is 0 Å². The van der Waals surface area contributed by atoms with E-state index in [0.29, 0.717) is 11.9 Å². The van der Waals surface area contributed by atoms with Gasteiger partial charge in [0.2, 0.25) is 5.69 Å². The Morgan fingerprint density at radius 1 is 1.06 bits per heavy atom. The van der Waals surface area contributed by atoms with Gasteiger partial charge in [0.1, 0.15) is 6.54 Å². The summed E-state index contributed by atoms with van der Waals surface area (Å²) in [7, 11) is -11.7. The summed E-state index contributed by atoms with van der Waals surface area (Å²) in [6, 6.07) is 8.24. The first-order valence-corrected chi connectivity index (χ1v) is 12.9. The highest BCUT2D eigenvalue weighted by Crippen LogP contribution is 2.44. The molecule has 1 N–H and O–H groups in total. The predicted molar refractivity (Wildman–Crippen MR) is 111 cm³/mol. The van der Waals surface area contributed by atoms with Crippen LogP contribution in [0.1, 0.15) is 32.8 Å². The molecule has 2 aromatic rings. The predicted octanol–water partition coefficient (Wildman–Crippen LogP) is 1.41. The second-order valence-electron chi connectivity index (χ2n) is 7.50. The molecule has 0 saturated carbocycles. The third-order valence-corrected chi connectivity index (χ3v) is 6.91. The first kappa shape index (κ1) is 25.1. The SMILES string of the molecule is CC1=[N+](CCCS(=O)(=O)[O-])c2ccc3ccc(S(=O)(=O)O)cc3c2C1(C)C.O=S(=O)=O. The number of hydrogen-bond acceptors (Lipinski definition) is 8. The minimum Gasteiger partial charge on any atom is -0.748 e. The average Bonchev–Trinajstić information content (AvgIpc) is 2.79. The molecule has 13 heteroatoms. The number of rotatable bonds is 5. The van der Waals surface area contributed by atoms with E-state index < -0.39 is 42.0 Å². The zero-order valence-corrected chi connectivity index (χ0v) is 19.3. The average molecular weight is 492 g/mol. The molecule has 1 heterocycles. The van der Waals surface area contributed by atoms with Gasteiger partial charge in [-0.15, -0.1) is 12.6 Å². The molecule has 0 saturated heterocycles. The maximum Gasteiger partial charge on any atom is 0.425 e. The van der Waals surface area contributed by atoms with Crippen molar-refractivity contribution in [2.75, 3.05) is 12.3 Å². The summed E-state index contributed by atoms with van der Waals surface area (Å²) >= 11 is 0. The third kappa shape index (κ3) is 5.74. The van der Waals surface area contributed by atoms with E-state index >= 15 is 0 Å². The molecule has 0 aromatic heterocycles. The first-order chi connectivity index (χ1) is 14.1. The molecule has 31 heavy (non-hydrogen) atoms. The van der Waals surface area contributed by atoms with Crippen LogP contribution in [-0.2, 0) is 36.3 Å². The molecule has 0 spiro atoms. The van der Waals surface area contributed by atoms with E-state index in [2.05, 4.69) is 0 Å². The molecular formula is C18H21NO9S3.